The third kappa shape index (κ3) is 9.12. The van der Waals surface area contributed by atoms with Crippen molar-refractivity contribution >= 4 is 5.91 Å². The number of rotatable bonds is 9. The average Bonchev–Trinajstić information content (AvgIpc) is 2.23. The molecule has 102 valence electrons. The molecule has 0 aromatic carbocycles. The van der Waals surface area contributed by atoms with Gasteiger partial charge in [0.25, 0.3) is 0 Å². The van der Waals surface area contributed by atoms with Crippen molar-refractivity contribution < 1.29 is 4.79 Å². The SMILES string of the molecule is CCCNCC(=O)N(CCN(C)C)CC(C)C. The molecule has 4 heteroatoms. The first kappa shape index (κ1) is 16.4. The van der Waals surface area contributed by atoms with E-state index in [4.69, 9.17) is 0 Å². The molecule has 0 unspecified atom stereocenters. The number of nitrogens with one attached hydrogen (secondary N) is 1. The summed E-state index contributed by atoms with van der Waals surface area (Å²) >= 11 is 0. The molecule has 0 saturated heterocycles. The molecule has 0 atom stereocenters. The van der Waals surface area contributed by atoms with E-state index in [0.29, 0.717) is 12.5 Å². The van der Waals surface area contributed by atoms with Crippen LogP contribution in [-0.2, 0) is 4.79 Å². The number of likely N-dealkylation sites (N-methyl/N-ethyl adjacent to an activating group) is 1. The molecule has 0 saturated carbocycles. The maximum atomic E-state index is 12.0. The van der Waals surface area contributed by atoms with Gasteiger partial charge in [0.15, 0.2) is 0 Å². The second-order valence-electron chi connectivity index (χ2n) is 5.21. The van der Waals surface area contributed by atoms with E-state index >= 15 is 0 Å². The van der Waals surface area contributed by atoms with Crippen LogP contribution in [0.15, 0.2) is 0 Å². The lowest BCUT2D eigenvalue weighted by atomic mass is 10.2. The Hall–Kier alpha value is -0.610. The highest BCUT2D eigenvalue weighted by atomic mass is 16.2. The predicted octanol–water partition coefficient (Wildman–Crippen LogP) is 1.03. The van der Waals surface area contributed by atoms with Gasteiger partial charge in [-0.3, -0.25) is 4.79 Å². The van der Waals surface area contributed by atoms with E-state index in [9.17, 15) is 4.79 Å². The van der Waals surface area contributed by atoms with E-state index in [1.807, 2.05) is 19.0 Å². The Morgan fingerprint density at radius 2 is 1.88 bits per heavy atom. The number of carbonyl (C=O) groups excluding carboxylic acids is 1. The molecular formula is C13H29N3O. The molecule has 4 nitrogen and oxygen atoms in total. The van der Waals surface area contributed by atoms with Gasteiger partial charge in [0, 0.05) is 19.6 Å². The lowest BCUT2D eigenvalue weighted by Crippen LogP contribution is -2.43. The fraction of sp³-hybridized carbons (Fsp3) is 0.923. The van der Waals surface area contributed by atoms with Gasteiger partial charge in [-0.1, -0.05) is 20.8 Å². The molecular weight excluding hydrogens is 214 g/mol. The van der Waals surface area contributed by atoms with E-state index < -0.39 is 0 Å². The summed E-state index contributed by atoms with van der Waals surface area (Å²) in [4.78, 5) is 16.1. The monoisotopic (exact) mass is 243 g/mol. The summed E-state index contributed by atoms with van der Waals surface area (Å²) in [6.07, 6.45) is 1.06. The van der Waals surface area contributed by atoms with E-state index in [1.54, 1.807) is 0 Å². The molecule has 1 N–H and O–H groups in total. The summed E-state index contributed by atoms with van der Waals surface area (Å²) in [6.45, 7) is 10.4. The zero-order chi connectivity index (χ0) is 13.3. The van der Waals surface area contributed by atoms with Crippen molar-refractivity contribution in [1.82, 2.24) is 15.1 Å². The van der Waals surface area contributed by atoms with Gasteiger partial charge >= 0.3 is 0 Å². The van der Waals surface area contributed by atoms with Crippen LogP contribution in [0.3, 0.4) is 0 Å². The van der Waals surface area contributed by atoms with Gasteiger partial charge in [0.1, 0.15) is 0 Å². The van der Waals surface area contributed by atoms with Crippen molar-refractivity contribution in [2.24, 2.45) is 5.92 Å². The number of carbonyl (C=O) groups is 1. The first-order chi connectivity index (χ1) is 7.97. The van der Waals surface area contributed by atoms with Crippen molar-refractivity contribution in [3.05, 3.63) is 0 Å². The molecule has 0 spiro atoms. The summed E-state index contributed by atoms with van der Waals surface area (Å²) in [5.41, 5.74) is 0. The van der Waals surface area contributed by atoms with Crippen LogP contribution in [0.4, 0.5) is 0 Å². The second-order valence-corrected chi connectivity index (χ2v) is 5.21. The zero-order valence-electron chi connectivity index (χ0n) is 12.1. The minimum Gasteiger partial charge on any atom is -0.340 e. The summed E-state index contributed by atoms with van der Waals surface area (Å²) in [7, 11) is 4.07. The highest BCUT2D eigenvalue weighted by molar-refractivity contribution is 5.78. The molecule has 0 heterocycles. The van der Waals surface area contributed by atoms with Crippen LogP contribution < -0.4 is 5.32 Å². The van der Waals surface area contributed by atoms with Crippen molar-refractivity contribution in [3.63, 3.8) is 0 Å². The standard InChI is InChI=1S/C13H29N3O/c1-6-7-14-10-13(17)16(11-12(2)3)9-8-15(4)5/h12,14H,6-11H2,1-5H3. The lowest BCUT2D eigenvalue weighted by molar-refractivity contribution is -0.130. The molecule has 0 aromatic rings. The molecule has 0 aliphatic rings. The van der Waals surface area contributed by atoms with E-state index in [1.165, 1.54) is 0 Å². The molecule has 0 fully saturated rings. The Kier molecular flexibility index (Phi) is 9.09. The van der Waals surface area contributed by atoms with E-state index in [-0.39, 0.29) is 5.91 Å². The number of hydrogen-bond acceptors (Lipinski definition) is 3. The van der Waals surface area contributed by atoms with Crippen molar-refractivity contribution in [2.45, 2.75) is 27.2 Å². The highest BCUT2D eigenvalue weighted by Gasteiger charge is 2.14. The number of hydrogen-bond donors (Lipinski definition) is 1. The minimum absolute atomic E-state index is 0.217. The average molecular weight is 243 g/mol. The predicted molar refractivity (Wildman–Crippen MR) is 73.1 cm³/mol. The normalized spacial score (nSPS) is 11.2. The minimum atomic E-state index is 0.217. The van der Waals surface area contributed by atoms with Gasteiger partial charge in [0.2, 0.25) is 5.91 Å². The van der Waals surface area contributed by atoms with Crippen LogP contribution in [0, 0.1) is 5.92 Å². The van der Waals surface area contributed by atoms with Crippen LogP contribution in [0.5, 0.6) is 0 Å². The zero-order valence-corrected chi connectivity index (χ0v) is 12.1. The topological polar surface area (TPSA) is 35.6 Å². The number of nitrogens with zero attached hydrogens (tertiary/aromatic N) is 2. The van der Waals surface area contributed by atoms with Gasteiger partial charge in [0.05, 0.1) is 6.54 Å². The Balaban J connectivity index is 4.10. The van der Waals surface area contributed by atoms with Crippen LogP contribution in [0.1, 0.15) is 27.2 Å². The Labute approximate surface area is 106 Å². The third-order valence-corrected chi connectivity index (χ3v) is 2.46. The van der Waals surface area contributed by atoms with Gasteiger partial charge < -0.3 is 15.1 Å². The Bertz CT molecular complexity index is 205. The van der Waals surface area contributed by atoms with Gasteiger partial charge in [-0.15, -0.1) is 0 Å². The summed E-state index contributed by atoms with van der Waals surface area (Å²) in [5.74, 6) is 0.737. The molecule has 0 aromatic heterocycles. The van der Waals surface area contributed by atoms with Crippen LogP contribution in [-0.4, -0.2) is 62.5 Å². The maximum absolute atomic E-state index is 12.0. The smallest absolute Gasteiger partial charge is 0.236 e. The first-order valence-corrected chi connectivity index (χ1v) is 6.60. The lowest BCUT2D eigenvalue weighted by Gasteiger charge is -2.26. The van der Waals surface area contributed by atoms with Crippen LogP contribution >= 0.6 is 0 Å². The van der Waals surface area contributed by atoms with Crippen molar-refractivity contribution in [2.75, 3.05) is 46.8 Å². The van der Waals surface area contributed by atoms with Crippen molar-refractivity contribution in [3.8, 4) is 0 Å². The van der Waals surface area contributed by atoms with Crippen LogP contribution in [0.25, 0.3) is 0 Å². The Morgan fingerprint density at radius 3 is 2.35 bits per heavy atom. The Morgan fingerprint density at radius 1 is 1.24 bits per heavy atom. The maximum Gasteiger partial charge on any atom is 0.236 e. The molecule has 0 aliphatic carbocycles. The second kappa shape index (κ2) is 9.42. The van der Waals surface area contributed by atoms with Gasteiger partial charge in [-0.05, 0) is 33.0 Å². The summed E-state index contributed by atoms with van der Waals surface area (Å²) < 4.78 is 0. The largest absolute Gasteiger partial charge is 0.340 e. The molecule has 0 aliphatic heterocycles. The quantitative estimate of drug-likeness (QED) is 0.615. The molecule has 17 heavy (non-hydrogen) atoms. The number of amides is 1. The molecule has 0 bridgehead atoms. The fourth-order valence-electron chi connectivity index (χ4n) is 1.56. The van der Waals surface area contributed by atoms with E-state index in [0.717, 1.165) is 32.6 Å². The van der Waals surface area contributed by atoms with Crippen molar-refractivity contribution in [1.29, 1.82) is 0 Å². The molecule has 0 rings (SSSR count). The summed E-state index contributed by atoms with van der Waals surface area (Å²) in [5, 5.41) is 3.17. The fourth-order valence-corrected chi connectivity index (χ4v) is 1.56. The molecule has 1 amide bonds. The first-order valence-electron chi connectivity index (χ1n) is 6.60. The molecule has 0 radical (unpaired) electrons. The van der Waals surface area contributed by atoms with Gasteiger partial charge in [-0.2, -0.15) is 0 Å². The van der Waals surface area contributed by atoms with Crippen LogP contribution in [0.2, 0.25) is 0 Å². The highest BCUT2D eigenvalue weighted by Crippen LogP contribution is 1.99. The third-order valence-electron chi connectivity index (χ3n) is 2.46. The summed E-state index contributed by atoms with van der Waals surface area (Å²) in [6, 6.07) is 0. The van der Waals surface area contributed by atoms with E-state index in [2.05, 4.69) is 31.0 Å². The van der Waals surface area contributed by atoms with Gasteiger partial charge in [-0.25, -0.2) is 0 Å².